The van der Waals surface area contributed by atoms with E-state index in [-0.39, 0.29) is 30.1 Å². The Kier molecular flexibility index (Phi) is 9.11. The molecule has 1 aromatic heterocycles. The van der Waals surface area contributed by atoms with E-state index in [0.29, 0.717) is 13.1 Å². The Balaban J connectivity index is 0.00000312. The molecule has 2 aromatic rings. The average molecular weight is 459 g/mol. The molecule has 0 bridgehead atoms. The van der Waals surface area contributed by atoms with Gasteiger partial charge in [0.25, 0.3) is 0 Å². The fourth-order valence-corrected chi connectivity index (χ4v) is 2.16. The van der Waals surface area contributed by atoms with Gasteiger partial charge in [0, 0.05) is 38.5 Å². The van der Waals surface area contributed by atoms with Gasteiger partial charge in [-0.15, -0.1) is 24.0 Å². The first kappa shape index (κ1) is 21.1. The number of benzene rings is 1. The highest BCUT2D eigenvalue weighted by Gasteiger charge is 2.07. The summed E-state index contributed by atoms with van der Waals surface area (Å²) < 4.78 is 12.9. The Labute approximate surface area is 165 Å². The molecule has 1 atom stereocenters. The average Bonchev–Trinajstić information content (AvgIpc) is 3.00. The molecule has 7 nitrogen and oxygen atoms in total. The maximum atomic E-state index is 5.88. The highest BCUT2D eigenvalue weighted by Crippen LogP contribution is 2.19. The van der Waals surface area contributed by atoms with Crippen molar-refractivity contribution in [2.75, 3.05) is 20.7 Å². The van der Waals surface area contributed by atoms with Crippen molar-refractivity contribution in [3.05, 3.63) is 42.2 Å². The number of aryl methyl sites for hydroxylation is 1. The van der Waals surface area contributed by atoms with Gasteiger partial charge in [-0.3, -0.25) is 9.67 Å². The maximum absolute atomic E-state index is 5.88. The quantitative estimate of drug-likeness (QED) is 0.378. The van der Waals surface area contributed by atoms with Crippen LogP contribution in [0.15, 0.2) is 41.7 Å². The lowest BCUT2D eigenvalue weighted by Crippen LogP contribution is -2.41. The van der Waals surface area contributed by atoms with Gasteiger partial charge < -0.3 is 20.1 Å². The summed E-state index contributed by atoms with van der Waals surface area (Å²) in [5, 5.41) is 10.6. The number of rotatable bonds is 7. The van der Waals surface area contributed by atoms with Gasteiger partial charge in [-0.25, -0.2) is 0 Å². The second-order valence-corrected chi connectivity index (χ2v) is 5.44. The number of nitrogens with one attached hydrogen (secondary N) is 2. The first-order chi connectivity index (χ1) is 11.6. The Morgan fingerprint density at radius 1 is 1.32 bits per heavy atom. The minimum atomic E-state index is -0.0194. The number of aromatic nitrogens is 2. The molecule has 0 saturated carbocycles. The third kappa shape index (κ3) is 7.20. The summed E-state index contributed by atoms with van der Waals surface area (Å²) in [7, 11) is 5.28. The molecular weight excluding hydrogens is 433 g/mol. The van der Waals surface area contributed by atoms with E-state index < -0.39 is 0 Å². The molecule has 1 heterocycles. The zero-order valence-corrected chi connectivity index (χ0v) is 17.4. The van der Waals surface area contributed by atoms with Gasteiger partial charge in [0.2, 0.25) is 0 Å². The van der Waals surface area contributed by atoms with Crippen molar-refractivity contribution in [1.29, 1.82) is 0 Å². The maximum Gasteiger partial charge on any atom is 0.191 e. The van der Waals surface area contributed by atoms with Crippen molar-refractivity contribution in [3.8, 4) is 11.5 Å². The molecule has 2 N–H and O–H groups in total. The van der Waals surface area contributed by atoms with Gasteiger partial charge >= 0.3 is 0 Å². The lowest BCUT2D eigenvalue weighted by molar-refractivity contribution is 0.223. The van der Waals surface area contributed by atoms with E-state index in [0.717, 1.165) is 23.0 Å². The number of hydrogen-bond acceptors (Lipinski definition) is 4. The zero-order valence-electron chi connectivity index (χ0n) is 15.0. The van der Waals surface area contributed by atoms with Gasteiger partial charge in [0.05, 0.1) is 19.9 Å². The van der Waals surface area contributed by atoms with Gasteiger partial charge in [0.15, 0.2) is 5.96 Å². The smallest absolute Gasteiger partial charge is 0.191 e. The first-order valence-electron chi connectivity index (χ1n) is 7.83. The van der Waals surface area contributed by atoms with Crippen LogP contribution in [-0.4, -0.2) is 42.5 Å². The van der Waals surface area contributed by atoms with Crippen LogP contribution < -0.4 is 20.1 Å². The number of hydrogen-bond donors (Lipinski definition) is 2. The van der Waals surface area contributed by atoms with Crippen molar-refractivity contribution in [1.82, 2.24) is 20.4 Å². The fraction of sp³-hybridized carbons (Fsp3) is 0.412. The van der Waals surface area contributed by atoms with Crippen LogP contribution in [0.3, 0.4) is 0 Å². The molecule has 1 unspecified atom stereocenters. The molecule has 1 aromatic carbocycles. The Hall–Kier alpha value is -1.97. The standard InChI is InChI=1S/C17H25N5O2.HI/c1-13(24-16-7-5-6-15(8-16)23-4)9-19-17(18-2)20-10-14-11-21-22(3)12-14;/h5-8,11-13H,9-10H2,1-4H3,(H2,18,19,20);1H. The Morgan fingerprint density at radius 3 is 2.72 bits per heavy atom. The van der Waals surface area contributed by atoms with E-state index in [1.54, 1.807) is 18.8 Å². The lowest BCUT2D eigenvalue weighted by Gasteiger charge is -2.18. The van der Waals surface area contributed by atoms with Crippen LogP contribution in [0.5, 0.6) is 11.5 Å². The zero-order chi connectivity index (χ0) is 17.4. The minimum Gasteiger partial charge on any atom is -0.497 e. The van der Waals surface area contributed by atoms with E-state index in [4.69, 9.17) is 9.47 Å². The number of ether oxygens (including phenoxy) is 2. The van der Waals surface area contributed by atoms with E-state index in [2.05, 4.69) is 20.7 Å². The van der Waals surface area contributed by atoms with E-state index >= 15 is 0 Å². The predicted molar refractivity (Wildman–Crippen MR) is 110 cm³/mol. The molecule has 0 aliphatic carbocycles. The van der Waals surface area contributed by atoms with E-state index in [1.165, 1.54) is 0 Å². The van der Waals surface area contributed by atoms with Crippen molar-refractivity contribution in [2.45, 2.75) is 19.6 Å². The normalized spacial score (nSPS) is 12.1. The van der Waals surface area contributed by atoms with Crippen LogP contribution in [-0.2, 0) is 13.6 Å². The molecule has 0 spiro atoms. The van der Waals surface area contributed by atoms with Gasteiger partial charge in [0.1, 0.15) is 17.6 Å². The van der Waals surface area contributed by atoms with Crippen LogP contribution in [0.4, 0.5) is 0 Å². The summed E-state index contributed by atoms with van der Waals surface area (Å²) in [5.41, 5.74) is 1.10. The minimum absolute atomic E-state index is 0. The predicted octanol–water partition coefficient (Wildman–Crippen LogP) is 2.18. The highest BCUT2D eigenvalue weighted by atomic mass is 127. The molecular formula is C17H26IN5O2. The van der Waals surface area contributed by atoms with Crippen molar-refractivity contribution in [2.24, 2.45) is 12.0 Å². The molecule has 0 fully saturated rings. The second-order valence-electron chi connectivity index (χ2n) is 5.44. The molecule has 8 heteroatoms. The van der Waals surface area contributed by atoms with Crippen LogP contribution in [0.25, 0.3) is 0 Å². The molecule has 0 saturated heterocycles. The topological polar surface area (TPSA) is 72.7 Å². The van der Waals surface area contributed by atoms with Gasteiger partial charge in [-0.1, -0.05) is 6.07 Å². The highest BCUT2D eigenvalue weighted by molar-refractivity contribution is 14.0. The van der Waals surface area contributed by atoms with Gasteiger partial charge in [-0.2, -0.15) is 5.10 Å². The molecule has 0 radical (unpaired) electrons. The van der Waals surface area contributed by atoms with Crippen molar-refractivity contribution >= 4 is 29.9 Å². The molecule has 25 heavy (non-hydrogen) atoms. The molecule has 138 valence electrons. The van der Waals surface area contributed by atoms with Crippen molar-refractivity contribution in [3.63, 3.8) is 0 Å². The monoisotopic (exact) mass is 459 g/mol. The molecule has 0 amide bonds. The largest absolute Gasteiger partial charge is 0.497 e. The van der Waals surface area contributed by atoms with Crippen LogP contribution in [0.1, 0.15) is 12.5 Å². The number of halogens is 1. The summed E-state index contributed by atoms with van der Waals surface area (Å²) in [6, 6.07) is 7.57. The fourth-order valence-electron chi connectivity index (χ4n) is 2.16. The number of guanidine groups is 1. The summed E-state index contributed by atoms with van der Waals surface area (Å²) in [4.78, 5) is 4.21. The summed E-state index contributed by atoms with van der Waals surface area (Å²) in [6.07, 6.45) is 3.78. The second kappa shape index (κ2) is 10.8. The first-order valence-corrected chi connectivity index (χ1v) is 7.83. The number of aliphatic imine (C=N–C) groups is 1. The Bertz CT molecular complexity index is 675. The third-order valence-corrected chi connectivity index (χ3v) is 3.38. The van der Waals surface area contributed by atoms with Crippen molar-refractivity contribution < 1.29 is 9.47 Å². The molecule has 0 aliphatic heterocycles. The van der Waals surface area contributed by atoms with Crippen LogP contribution >= 0.6 is 24.0 Å². The lowest BCUT2D eigenvalue weighted by atomic mass is 10.3. The SMILES string of the molecule is CN=C(NCc1cnn(C)c1)NCC(C)Oc1cccc(OC)c1.I. The summed E-state index contributed by atoms with van der Waals surface area (Å²) in [6.45, 7) is 3.30. The summed E-state index contributed by atoms with van der Waals surface area (Å²) in [5.74, 6) is 2.28. The molecule has 2 rings (SSSR count). The third-order valence-electron chi connectivity index (χ3n) is 3.38. The molecule has 0 aliphatic rings. The van der Waals surface area contributed by atoms with Gasteiger partial charge in [-0.05, 0) is 19.1 Å². The number of methoxy groups -OCH3 is 1. The van der Waals surface area contributed by atoms with E-state index in [1.807, 2.05) is 50.6 Å². The Morgan fingerprint density at radius 2 is 2.08 bits per heavy atom. The van der Waals surface area contributed by atoms with E-state index in [9.17, 15) is 0 Å². The summed E-state index contributed by atoms with van der Waals surface area (Å²) >= 11 is 0. The van der Waals surface area contributed by atoms with Crippen LogP contribution in [0.2, 0.25) is 0 Å². The van der Waals surface area contributed by atoms with Crippen LogP contribution in [0, 0.1) is 0 Å². The number of nitrogens with zero attached hydrogens (tertiary/aromatic N) is 3.